The van der Waals surface area contributed by atoms with Gasteiger partial charge in [0.15, 0.2) is 6.61 Å². The van der Waals surface area contributed by atoms with Gasteiger partial charge < -0.3 is 9.84 Å². The van der Waals surface area contributed by atoms with Crippen molar-refractivity contribution in [3.8, 4) is 5.88 Å². The van der Waals surface area contributed by atoms with Gasteiger partial charge in [0.2, 0.25) is 5.88 Å². The van der Waals surface area contributed by atoms with Crippen LogP contribution in [0.15, 0.2) is 6.07 Å². The topological polar surface area (TPSA) is 59.4 Å². The van der Waals surface area contributed by atoms with E-state index in [9.17, 15) is 13.6 Å². The van der Waals surface area contributed by atoms with Gasteiger partial charge in [-0.25, -0.2) is 13.6 Å². The monoisotopic (exact) mass is 209 g/mol. The quantitative estimate of drug-likeness (QED) is 0.816. The molecule has 0 saturated carbocycles. The molecule has 0 fully saturated rings. The van der Waals surface area contributed by atoms with Gasteiger partial charge in [-0.15, -0.1) is 0 Å². The van der Waals surface area contributed by atoms with Crippen LogP contribution >= 0.6 is 11.5 Å². The Morgan fingerprint density at radius 2 is 2.46 bits per heavy atom. The Morgan fingerprint density at radius 3 is 2.92 bits per heavy atom. The Bertz CT molecular complexity index is 302. The van der Waals surface area contributed by atoms with Gasteiger partial charge in [-0.3, -0.25) is 0 Å². The second-order valence-electron chi connectivity index (χ2n) is 2.04. The molecular formula is C6H5F2NO3S. The van der Waals surface area contributed by atoms with E-state index in [1.54, 1.807) is 0 Å². The van der Waals surface area contributed by atoms with E-state index < -0.39 is 19.0 Å². The Hall–Kier alpha value is -1.24. The molecule has 0 unspecified atom stereocenters. The summed E-state index contributed by atoms with van der Waals surface area (Å²) in [5.74, 6) is -1.23. The van der Waals surface area contributed by atoms with Crippen molar-refractivity contribution in [2.24, 2.45) is 0 Å². The lowest BCUT2D eigenvalue weighted by Gasteiger charge is -1.98. The zero-order chi connectivity index (χ0) is 9.84. The Labute approximate surface area is 75.9 Å². The van der Waals surface area contributed by atoms with Gasteiger partial charge in [0.25, 0.3) is 6.43 Å². The lowest BCUT2D eigenvalue weighted by Crippen LogP contribution is -2.06. The summed E-state index contributed by atoms with van der Waals surface area (Å²) >= 11 is 0.690. The number of aromatic nitrogens is 1. The third-order valence-corrected chi connectivity index (χ3v) is 1.82. The molecular weight excluding hydrogens is 204 g/mol. The van der Waals surface area contributed by atoms with Crippen LogP contribution in [0.2, 0.25) is 0 Å². The van der Waals surface area contributed by atoms with E-state index in [1.807, 2.05) is 0 Å². The molecule has 4 nitrogen and oxygen atoms in total. The first-order chi connectivity index (χ1) is 6.09. The molecule has 0 amide bonds. The molecule has 1 aromatic rings. The minimum Gasteiger partial charge on any atom is -0.477 e. The molecule has 0 bridgehead atoms. The maximum absolute atomic E-state index is 11.6. The normalized spacial score (nSPS) is 10.4. The van der Waals surface area contributed by atoms with E-state index in [4.69, 9.17) is 5.11 Å². The average molecular weight is 209 g/mol. The summed E-state index contributed by atoms with van der Waals surface area (Å²) < 4.78 is 31.2. The summed E-state index contributed by atoms with van der Waals surface area (Å²) in [6.45, 7) is -0.775. The molecule has 0 radical (unpaired) electrons. The van der Waals surface area contributed by atoms with Crippen molar-refractivity contribution in [1.82, 2.24) is 4.37 Å². The highest BCUT2D eigenvalue weighted by Gasteiger charge is 2.10. The Kier molecular flexibility index (Phi) is 3.13. The average Bonchev–Trinajstić information content (AvgIpc) is 2.48. The minimum atomic E-state index is -2.59. The lowest BCUT2D eigenvalue weighted by atomic mass is 10.5. The van der Waals surface area contributed by atoms with Gasteiger partial charge in [0.1, 0.15) is 4.88 Å². The standard InChI is InChI=1S/C6H5F2NO3S/c7-4(8)2-12-5-1-3(6(10)11)13-9-5/h1,4H,2H2,(H,10,11). The van der Waals surface area contributed by atoms with Crippen LogP contribution in [0.25, 0.3) is 0 Å². The number of carbonyl (C=O) groups is 1. The molecule has 13 heavy (non-hydrogen) atoms. The van der Waals surface area contributed by atoms with E-state index in [0.29, 0.717) is 11.5 Å². The Balaban J connectivity index is 2.54. The molecule has 72 valence electrons. The molecule has 1 aromatic heterocycles. The molecule has 0 atom stereocenters. The molecule has 1 heterocycles. The third kappa shape index (κ3) is 2.94. The summed E-state index contributed by atoms with van der Waals surface area (Å²) in [4.78, 5) is 10.3. The molecule has 1 N–H and O–H groups in total. The second-order valence-corrected chi connectivity index (χ2v) is 2.84. The predicted octanol–water partition coefficient (Wildman–Crippen LogP) is 1.49. The molecule has 0 aromatic carbocycles. The van der Waals surface area contributed by atoms with Gasteiger partial charge in [0.05, 0.1) is 0 Å². The number of aromatic carboxylic acids is 1. The third-order valence-electron chi connectivity index (χ3n) is 1.06. The van der Waals surface area contributed by atoms with Crippen LogP contribution in [0.4, 0.5) is 8.78 Å². The van der Waals surface area contributed by atoms with Crippen LogP contribution in [0.5, 0.6) is 5.88 Å². The summed E-state index contributed by atoms with van der Waals surface area (Å²) in [7, 11) is 0. The van der Waals surface area contributed by atoms with Crippen molar-refractivity contribution in [2.45, 2.75) is 6.43 Å². The summed E-state index contributed by atoms with van der Waals surface area (Å²) in [5, 5.41) is 8.44. The van der Waals surface area contributed by atoms with Crippen LogP contribution in [0.3, 0.4) is 0 Å². The van der Waals surface area contributed by atoms with Crippen LogP contribution < -0.4 is 4.74 Å². The molecule has 7 heteroatoms. The van der Waals surface area contributed by atoms with E-state index in [1.165, 1.54) is 0 Å². The fourth-order valence-electron chi connectivity index (χ4n) is 0.576. The molecule has 0 aliphatic rings. The molecule has 0 spiro atoms. The van der Waals surface area contributed by atoms with E-state index in [2.05, 4.69) is 9.11 Å². The molecule has 1 rings (SSSR count). The largest absolute Gasteiger partial charge is 0.477 e. The fourth-order valence-corrected chi connectivity index (χ4v) is 1.10. The molecule has 0 aliphatic carbocycles. The van der Waals surface area contributed by atoms with Crippen LogP contribution in [0.1, 0.15) is 9.67 Å². The van der Waals surface area contributed by atoms with Crippen LogP contribution in [-0.4, -0.2) is 28.5 Å². The first kappa shape index (κ1) is 9.85. The van der Waals surface area contributed by atoms with E-state index in [0.717, 1.165) is 6.07 Å². The lowest BCUT2D eigenvalue weighted by molar-refractivity contribution is 0.0701. The van der Waals surface area contributed by atoms with Crippen LogP contribution in [-0.2, 0) is 0 Å². The summed E-state index contributed by atoms with van der Waals surface area (Å²) in [5.41, 5.74) is 0. The number of halogens is 2. The minimum absolute atomic E-state index is 0.0377. The number of rotatable bonds is 4. The highest BCUT2D eigenvalue weighted by Crippen LogP contribution is 2.16. The number of carboxylic acid groups (broad SMARTS) is 1. The fraction of sp³-hybridized carbons (Fsp3) is 0.333. The number of carboxylic acids is 1. The number of hydrogen-bond donors (Lipinski definition) is 1. The highest BCUT2D eigenvalue weighted by molar-refractivity contribution is 7.08. The molecule has 0 saturated heterocycles. The van der Waals surface area contributed by atoms with Crippen molar-refractivity contribution >= 4 is 17.5 Å². The SMILES string of the molecule is O=C(O)c1cc(OCC(F)F)ns1. The van der Waals surface area contributed by atoms with Crippen molar-refractivity contribution < 1.29 is 23.4 Å². The number of nitrogens with zero attached hydrogens (tertiary/aromatic N) is 1. The van der Waals surface area contributed by atoms with Gasteiger partial charge in [0, 0.05) is 6.07 Å². The van der Waals surface area contributed by atoms with Crippen molar-refractivity contribution in [3.05, 3.63) is 10.9 Å². The smallest absolute Gasteiger partial charge is 0.347 e. The zero-order valence-electron chi connectivity index (χ0n) is 6.24. The first-order valence-corrected chi connectivity index (χ1v) is 3.98. The predicted molar refractivity (Wildman–Crippen MR) is 40.6 cm³/mol. The number of alkyl halides is 2. The van der Waals surface area contributed by atoms with Crippen LogP contribution in [0, 0.1) is 0 Å². The maximum atomic E-state index is 11.6. The highest BCUT2D eigenvalue weighted by atomic mass is 32.1. The van der Waals surface area contributed by atoms with Gasteiger partial charge >= 0.3 is 5.97 Å². The van der Waals surface area contributed by atoms with Gasteiger partial charge in [-0.2, -0.15) is 4.37 Å². The van der Waals surface area contributed by atoms with Gasteiger partial charge in [-0.1, -0.05) is 0 Å². The van der Waals surface area contributed by atoms with Crippen molar-refractivity contribution in [3.63, 3.8) is 0 Å². The Morgan fingerprint density at radius 1 is 1.77 bits per heavy atom. The number of hydrogen-bond acceptors (Lipinski definition) is 4. The van der Waals surface area contributed by atoms with E-state index >= 15 is 0 Å². The van der Waals surface area contributed by atoms with Crippen molar-refractivity contribution in [2.75, 3.05) is 6.61 Å². The van der Waals surface area contributed by atoms with Crippen molar-refractivity contribution in [1.29, 1.82) is 0 Å². The number of ether oxygens (including phenoxy) is 1. The first-order valence-electron chi connectivity index (χ1n) is 3.20. The maximum Gasteiger partial charge on any atom is 0.347 e. The van der Waals surface area contributed by atoms with E-state index in [-0.39, 0.29) is 10.8 Å². The van der Waals surface area contributed by atoms with Gasteiger partial charge in [-0.05, 0) is 11.5 Å². The summed E-state index contributed by atoms with van der Waals surface area (Å²) in [6.07, 6.45) is -2.59. The molecule has 0 aliphatic heterocycles. The summed E-state index contributed by atoms with van der Waals surface area (Å²) in [6, 6.07) is 1.11. The second kappa shape index (κ2) is 4.13. The zero-order valence-corrected chi connectivity index (χ0v) is 7.05.